The second kappa shape index (κ2) is 8.42. The van der Waals surface area contributed by atoms with Crippen LogP contribution in [0.4, 0.5) is 5.82 Å². The third-order valence-corrected chi connectivity index (χ3v) is 8.28. The smallest absolute Gasteiger partial charge is 0.165 e. The zero-order valence-corrected chi connectivity index (χ0v) is 21.3. The maximum Gasteiger partial charge on any atom is 0.165 e. The average Bonchev–Trinajstić information content (AvgIpc) is 3.19. The first-order valence-corrected chi connectivity index (χ1v) is 13.2. The lowest BCUT2D eigenvalue weighted by Crippen LogP contribution is -2.28. The van der Waals surface area contributed by atoms with E-state index in [0.29, 0.717) is 0 Å². The lowest BCUT2D eigenvalue weighted by molar-refractivity contribution is 0.414. The topological polar surface area (TPSA) is 42.7 Å². The van der Waals surface area contributed by atoms with Crippen molar-refractivity contribution in [3.05, 3.63) is 62.6 Å². The van der Waals surface area contributed by atoms with Gasteiger partial charge in [-0.15, -0.1) is 11.3 Å². The predicted octanol–water partition coefficient (Wildman–Crippen LogP) is 6.30. The third kappa shape index (κ3) is 3.78. The lowest BCUT2D eigenvalue weighted by atomic mass is 10.0. The van der Waals surface area contributed by atoms with Gasteiger partial charge in [0.1, 0.15) is 11.6 Å². The molecule has 0 aliphatic heterocycles. The fourth-order valence-electron chi connectivity index (χ4n) is 5.40. The van der Waals surface area contributed by atoms with E-state index < -0.39 is 0 Å². The number of hydrogen-bond acceptors (Lipinski definition) is 5. The molecule has 0 amide bonds. The minimum Gasteiger partial charge on any atom is -0.497 e. The Balaban J connectivity index is 1.54. The van der Waals surface area contributed by atoms with Crippen molar-refractivity contribution in [2.75, 3.05) is 18.6 Å². The molecule has 34 heavy (non-hydrogen) atoms. The predicted molar refractivity (Wildman–Crippen MR) is 139 cm³/mol. The molecule has 176 valence electrons. The second-order valence-corrected chi connectivity index (χ2v) is 11.0. The van der Waals surface area contributed by atoms with Crippen LogP contribution in [-0.4, -0.2) is 28.3 Å². The molecule has 0 radical (unpaired) electrons. The quantitative estimate of drug-likeness (QED) is 0.317. The normalized spacial score (nSPS) is 15.2. The fraction of sp³-hybridized carbons (Fsp3) is 0.429. The molecule has 3 heterocycles. The molecule has 1 saturated carbocycles. The van der Waals surface area contributed by atoms with Crippen LogP contribution < -0.4 is 9.64 Å². The van der Waals surface area contributed by atoms with Gasteiger partial charge in [-0.05, 0) is 99.1 Å². The molecule has 5 nitrogen and oxygen atoms in total. The van der Waals surface area contributed by atoms with Crippen molar-refractivity contribution in [1.29, 1.82) is 0 Å². The highest BCUT2D eigenvalue weighted by molar-refractivity contribution is 7.10. The molecule has 6 heteroatoms. The largest absolute Gasteiger partial charge is 0.497 e. The summed E-state index contributed by atoms with van der Waals surface area (Å²) in [5, 5.41) is 7.39. The van der Waals surface area contributed by atoms with Crippen molar-refractivity contribution in [2.45, 2.75) is 59.4 Å². The van der Waals surface area contributed by atoms with E-state index in [4.69, 9.17) is 14.8 Å². The zero-order chi connectivity index (χ0) is 23.4. The Hall–Kier alpha value is -2.86. The molecule has 1 aromatic carbocycles. The first-order chi connectivity index (χ1) is 16.5. The maximum absolute atomic E-state index is 5.46. The molecular weight excluding hydrogens is 440 g/mol. The molecule has 4 aromatic rings. The van der Waals surface area contributed by atoms with Crippen molar-refractivity contribution in [1.82, 2.24) is 14.6 Å². The maximum atomic E-state index is 5.46. The zero-order valence-electron chi connectivity index (χ0n) is 20.5. The second-order valence-electron chi connectivity index (χ2n) is 10.0. The Kier molecular flexibility index (Phi) is 5.36. The van der Waals surface area contributed by atoms with Crippen LogP contribution >= 0.6 is 11.3 Å². The Bertz CT molecular complexity index is 1380. The highest BCUT2D eigenvalue weighted by atomic mass is 32.1. The van der Waals surface area contributed by atoms with E-state index in [2.05, 4.69) is 53.8 Å². The van der Waals surface area contributed by atoms with Gasteiger partial charge in [-0.2, -0.15) is 9.61 Å². The van der Waals surface area contributed by atoms with Gasteiger partial charge >= 0.3 is 0 Å². The number of methoxy groups -OCH3 is 1. The van der Waals surface area contributed by atoms with Crippen LogP contribution in [0.3, 0.4) is 0 Å². The van der Waals surface area contributed by atoms with Gasteiger partial charge in [-0.3, -0.25) is 0 Å². The van der Waals surface area contributed by atoms with E-state index in [1.807, 2.05) is 17.4 Å². The minimum absolute atomic E-state index is 0.793. The summed E-state index contributed by atoms with van der Waals surface area (Å²) < 4.78 is 7.62. The highest BCUT2D eigenvalue weighted by Gasteiger charge is 2.31. The van der Waals surface area contributed by atoms with Crippen molar-refractivity contribution in [2.24, 2.45) is 5.92 Å². The summed E-state index contributed by atoms with van der Waals surface area (Å²) in [5.41, 5.74) is 9.56. The number of hydrogen-bond donors (Lipinski definition) is 0. The molecule has 0 unspecified atom stereocenters. The Morgan fingerprint density at radius 2 is 2.00 bits per heavy atom. The van der Waals surface area contributed by atoms with Crippen LogP contribution in [0.1, 0.15) is 52.2 Å². The summed E-state index contributed by atoms with van der Waals surface area (Å²) in [4.78, 5) is 9.26. The number of benzene rings is 1. The first kappa shape index (κ1) is 21.7. The Morgan fingerprint density at radius 1 is 1.15 bits per heavy atom. The third-order valence-electron chi connectivity index (χ3n) is 7.25. The van der Waals surface area contributed by atoms with Gasteiger partial charge in [-0.25, -0.2) is 4.98 Å². The molecule has 2 aliphatic carbocycles. The molecule has 3 aromatic heterocycles. The number of ether oxygens (including phenoxy) is 1. The van der Waals surface area contributed by atoms with Gasteiger partial charge in [0.15, 0.2) is 5.65 Å². The summed E-state index contributed by atoms with van der Waals surface area (Å²) in [6.07, 6.45) is 6.00. The number of thiophene rings is 1. The van der Waals surface area contributed by atoms with Gasteiger partial charge in [0, 0.05) is 28.2 Å². The molecule has 0 N–H and O–H groups in total. The molecule has 6 rings (SSSR count). The molecular formula is C28H32N4OS. The summed E-state index contributed by atoms with van der Waals surface area (Å²) in [6.45, 7) is 8.49. The monoisotopic (exact) mass is 472 g/mol. The molecule has 0 atom stereocenters. The van der Waals surface area contributed by atoms with E-state index in [1.54, 1.807) is 7.11 Å². The number of rotatable bonds is 7. The first-order valence-electron chi connectivity index (χ1n) is 12.4. The average molecular weight is 473 g/mol. The SMILES string of the molecule is COc1ccc(-c2c(C)nn3c(N(Cc4cc(C)cs4)CC4CC4)c4c(nc23)CCC4)c(C)c1. The van der Waals surface area contributed by atoms with E-state index in [0.717, 1.165) is 54.5 Å². The van der Waals surface area contributed by atoms with E-state index in [9.17, 15) is 0 Å². The number of nitrogens with zero attached hydrogens (tertiary/aromatic N) is 4. The number of aryl methyl sites for hydroxylation is 4. The molecule has 1 fully saturated rings. The minimum atomic E-state index is 0.793. The molecule has 2 aliphatic rings. The fourth-order valence-corrected chi connectivity index (χ4v) is 6.29. The van der Waals surface area contributed by atoms with Crippen LogP contribution in [0, 0.1) is 26.7 Å². The number of anilines is 1. The van der Waals surface area contributed by atoms with Crippen molar-refractivity contribution in [3.63, 3.8) is 0 Å². The van der Waals surface area contributed by atoms with Crippen LogP contribution in [0.2, 0.25) is 0 Å². The summed E-state index contributed by atoms with van der Waals surface area (Å²) in [6, 6.07) is 8.63. The van der Waals surface area contributed by atoms with E-state index in [-0.39, 0.29) is 0 Å². The van der Waals surface area contributed by atoms with E-state index in [1.165, 1.54) is 57.9 Å². The van der Waals surface area contributed by atoms with Crippen LogP contribution in [0.15, 0.2) is 29.6 Å². The van der Waals surface area contributed by atoms with Crippen LogP contribution in [0.25, 0.3) is 16.8 Å². The van der Waals surface area contributed by atoms with Gasteiger partial charge in [0.05, 0.1) is 19.3 Å². The van der Waals surface area contributed by atoms with Crippen molar-refractivity contribution >= 4 is 22.8 Å². The molecule has 0 bridgehead atoms. The highest BCUT2D eigenvalue weighted by Crippen LogP contribution is 2.40. The number of aromatic nitrogens is 3. The summed E-state index contributed by atoms with van der Waals surface area (Å²) in [7, 11) is 1.72. The lowest BCUT2D eigenvalue weighted by Gasteiger charge is -2.27. The summed E-state index contributed by atoms with van der Waals surface area (Å²) in [5.74, 6) is 2.95. The van der Waals surface area contributed by atoms with Gasteiger partial charge in [-0.1, -0.05) is 6.07 Å². The van der Waals surface area contributed by atoms with Gasteiger partial charge in [0.25, 0.3) is 0 Å². The van der Waals surface area contributed by atoms with Gasteiger partial charge in [0.2, 0.25) is 0 Å². The Morgan fingerprint density at radius 3 is 2.71 bits per heavy atom. The van der Waals surface area contributed by atoms with Gasteiger partial charge < -0.3 is 9.64 Å². The van der Waals surface area contributed by atoms with Crippen LogP contribution in [0.5, 0.6) is 5.75 Å². The molecule has 0 saturated heterocycles. The van der Waals surface area contributed by atoms with Crippen molar-refractivity contribution in [3.8, 4) is 16.9 Å². The van der Waals surface area contributed by atoms with Crippen molar-refractivity contribution < 1.29 is 4.74 Å². The molecule has 0 spiro atoms. The van der Waals surface area contributed by atoms with Crippen LogP contribution in [-0.2, 0) is 19.4 Å². The summed E-state index contributed by atoms with van der Waals surface area (Å²) >= 11 is 1.87. The number of fused-ring (bicyclic) bond motifs is 2. The Labute approximate surface area is 205 Å². The van der Waals surface area contributed by atoms with E-state index >= 15 is 0 Å². The standard InChI is InChI=1S/C28H32N4OS/c1-17-12-22(34-16-17)15-31(14-20-8-9-20)28-24-6-5-7-25(24)29-27-26(19(3)30-32(27)28)23-11-10-21(33-4)13-18(23)2/h10-13,16,20H,5-9,14-15H2,1-4H3.